The van der Waals surface area contributed by atoms with Gasteiger partial charge >= 0.3 is 5.97 Å². The SMILES string of the molecule is CCO[C@H]1OC(C(=O)O)=C[C@@H](C2CCCC2)[C@@H]1CCCO. The molecule has 0 saturated heterocycles. The molecular weight excluding hydrogens is 272 g/mol. The molecule has 2 aliphatic rings. The van der Waals surface area contributed by atoms with Gasteiger partial charge in [-0.25, -0.2) is 4.79 Å². The summed E-state index contributed by atoms with van der Waals surface area (Å²) >= 11 is 0. The van der Waals surface area contributed by atoms with E-state index in [9.17, 15) is 9.90 Å². The van der Waals surface area contributed by atoms with Crippen LogP contribution < -0.4 is 0 Å². The Labute approximate surface area is 125 Å². The van der Waals surface area contributed by atoms with Gasteiger partial charge in [0.2, 0.25) is 12.0 Å². The second-order valence-corrected chi connectivity index (χ2v) is 5.93. The molecule has 1 fully saturated rings. The summed E-state index contributed by atoms with van der Waals surface area (Å²) in [5.41, 5.74) is 0. The number of aliphatic hydroxyl groups is 1. The van der Waals surface area contributed by atoms with Crippen LogP contribution in [0.2, 0.25) is 0 Å². The minimum Gasteiger partial charge on any atom is -0.475 e. The van der Waals surface area contributed by atoms with Crippen molar-refractivity contribution in [1.29, 1.82) is 0 Å². The summed E-state index contributed by atoms with van der Waals surface area (Å²) in [6.45, 7) is 2.52. The molecule has 0 amide bonds. The van der Waals surface area contributed by atoms with Gasteiger partial charge in [-0.05, 0) is 50.5 Å². The van der Waals surface area contributed by atoms with Gasteiger partial charge in [-0.2, -0.15) is 0 Å². The van der Waals surface area contributed by atoms with Crippen LogP contribution in [0, 0.1) is 17.8 Å². The van der Waals surface area contributed by atoms with Crippen LogP contribution in [0.25, 0.3) is 0 Å². The van der Waals surface area contributed by atoms with Crippen molar-refractivity contribution in [3.05, 3.63) is 11.8 Å². The molecule has 1 heterocycles. The molecule has 1 aliphatic heterocycles. The monoisotopic (exact) mass is 298 g/mol. The Hall–Kier alpha value is -1.07. The predicted molar refractivity (Wildman–Crippen MR) is 77.5 cm³/mol. The van der Waals surface area contributed by atoms with Crippen LogP contribution in [-0.4, -0.2) is 35.7 Å². The topological polar surface area (TPSA) is 76.0 Å². The van der Waals surface area contributed by atoms with Crippen molar-refractivity contribution in [3.8, 4) is 0 Å². The van der Waals surface area contributed by atoms with E-state index in [1.807, 2.05) is 6.92 Å². The van der Waals surface area contributed by atoms with Crippen molar-refractivity contribution in [2.75, 3.05) is 13.2 Å². The lowest BCUT2D eigenvalue weighted by molar-refractivity contribution is -0.181. The Morgan fingerprint density at radius 3 is 2.71 bits per heavy atom. The molecule has 0 spiro atoms. The van der Waals surface area contributed by atoms with Crippen LogP contribution in [0.4, 0.5) is 0 Å². The van der Waals surface area contributed by atoms with E-state index < -0.39 is 12.3 Å². The van der Waals surface area contributed by atoms with Crippen molar-refractivity contribution < 1.29 is 24.5 Å². The van der Waals surface area contributed by atoms with Crippen LogP contribution in [0.1, 0.15) is 45.4 Å². The first-order valence-corrected chi connectivity index (χ1v) is 8.01. The molecule has 0 bridgehead atoms. The second kappa shape index (κ2) is 7.80. The molecule has 2 N–H and O–H groups in total. The number of carboxylic acid groups (broad SMARTS) is 1. The first-order chi connectivity index (χ1) is 10.2. The number of carbonyl (C=O) groups is 1. The first kappa shape index (κ1) is 16.3. The maximum Gasteiger partial charge on any atom is 0.370 e. The molecular formula is C16H26O5. The summed E-state index contributed by atoms with van der Waals surface area (Å²) in [4.78, 5) is 11.3. The highest BCUT2D eigenvalue weighted by Gasteiger charge is 2.41. The maximum absolute atomic E-state index is 11.3. The van der Waals surface area contributed by atoms with E-state index in [2.05, 4.69) is 0 Å². The lowest BCUT2D eigenvalue weighted by Gasteiger charge is -2.38. The number of aliphatic carboxylic acids is 1. The van der Waals surface area contributed by atoms with E-state index in [4.69, 9.17) is 14.6 Å². The third kappa shape index (κ3) is 3.98. The average Bonchev–Trinajstić information content (AvgIpc) is 2.99. The van der Waals surface area contributed by atoms with Crippen molar-refractivity contribution in [2.24, 2.45) is 17.8 Å². The van der Waals surface area contributed by atoms with Gasteiger partial charge in [0.05, 0.1) is 0 Å². The van der Waals surface area contributed by atoms with Crippen LogP contribution in [0.5, 0.6) is 0 Å². The van der Waals surface area contributed by atoms with E-state index in [0.717, 1.165) is 19.3 Å². The standard InChI is InChI=1S/C16H26O5/c1-2-20-16-12(8-5-9-17)13(11-6-3-4-7-11)10-14(21-16)15(18)19/h10-13,16-17H,2-9H2,1H3,(H,18,19)/t12-,13-,16-/m0/s1. The molecule has 0 aromatic carbocycles. The Morgan fingerprint density at radius 1 is 1.43 bits per heavy atom. The van der Waals surface area contributed by atoms with Crippen molar-refractivity contribution in [3.63, 3.8) is 0 Å². The molecule has 5 heteroatoms. The van der Waals surface area contributed by atoms with Gasteiger partial charge in [0, 0.05) is 19.1 Å². The minimum atomic E-state index is -1.02. The molecule has 120 valence electrons. The second-order valence-electron chi connectivity index (χ2n) is 5.93. The number of rotatable bonds is 7. The zero-order chi connectivity index (χ0) is 15.2. The lowest BCUT2D eigenvalue weighted by atomic mass is 9.76. The first-order valence-electron chi connectivity index (χ1n) is 8.01. The zero-order valence-electron chi connectivity index (χ0n) is 12.7. The maximum atomic E-state index is 11.3. The molecule has 1 saturated carbocycles. The average molecular weight is 298 g/mol. The number of carboxylic acids is 1. The molecule has 2 rings (SSSR count). The van der Waals surface area contributed by atoms with Gasteiger partial charge in [-0.1, -0.05) is 12.8 Å². The lowest BCUT2D eigenvalue weighted by Crippen LogP contribution is -2.39. The molecule has 5 nitrogen and oxygen atoms in total. The number of hydrogen-bond donors (Lipinski definition) is 2. The molecule has 3 atom stereocenters. The minimum absolute atomic E-state index is 0.0191. The molecule has 0 radical (unpaired) electrons. The quantitative estimate of drug-likeness (QED) is 0.755. The summed E-state index contributed by atoms with van der Waals surface area (Å²) in [6, 6.07) is 0. The third-order valence-corrected chi connectivity index (χ3v) is 4.61. The van der Waals surface area contributed by atoms with Crippen molar-refractivity contribution in [1.82, 2.24) is 0 Å². The summed E-state index contributed by atoms with van der Waals surface area (Å²) in [6.07, 6.45) is 7.47. The van der Waals surface area contributed by atoms with Gasteiger partial charge in [-0.3, -0.25) is 0 Å². The van der Waals surface area contributed by atoms with Gasteiger partial charge < -0.3 is 19.7 Å². The van der Waals surface area contributed by atoms with E-state index >= 15 is 0 Å². The summed E-state index contributed by atoms with van der Waals surface area (Å²) in [7, 11) is 0. The number of allylic oxidation sites excluding steroid dienone is 1. The highest BCUT2D eigenvalue weighted by molar-refractivity contribution is 5.84. The third-order valence-electron chi connectivity index (χ3n) is 4.61. The molecule has 1 aliphatic carbocycles. The number of hydrogen-bond acceptors (Lipinski definition) is 4. The van der Waals surface area contributed by atoms with E-state index in [0.29, 0.717) is 18.9 Å². The van der Waals surface area contributed by atoms with Gasteiger partial charge in [0.1, 0.15) is 0 Å². The van der Waals surface area contributed by atoms with Crippen LogP contribution >= 0.6 is 0 Å². The van der Waals surface area contributed by atoms with Crippen LogP contribution in [-0.2, 0) is 14.3 Å². The van der Waals surface area contributed by atoms with Gasteiger partial charge in [0.25, 0.3) is 0 Å². The molecule has 0 aromatic rings. The highest BCUT2D eigenvalue weighted by atomic mass is 16.7. The number of ether oxygens (including phenoxy) is 2. The smallest absolute Gasteiger partial charge is 0.370 e. The fourth-order valence-electron chi connectivity index (χ4n) is 3.66. The van der Waals surface area contributed by atoms with Gasteiger partial charge in [-0.15, -0.1) is 0 Å². The van der Waals surface area contributed by atoms with Crippen molar-refractivity contribution in [2.45, 2.75) is 51.7 Å². The fraction of sp³-hybridized carbons (Fsp3) is 0.812. The summed E-state index contributed by atoms with van der Waals surface area (Å²) in [5.74, 6) is -0.192. The molecule has 0 unspecified atom stereocenters. The number of aliphatic hydroxyl groups excluding tert-OH is 1. The van der Waals surface area contributed by atoms with Crippen LogP contribution in [0.15, 0.2) is 11.8 Å². The van der Waals surface area contributed by atoms with Gasteiger partial charge in [0.15, 0.2) is 0 Å². The predicted octanol–water partition coefficient (Wildman–Crippen LogP) is 2.54. The van der Waals surface area contributed by atoms with E-state index in [-0.39, 0.29) is 24.2 Å². The normalized spacial score (nSPS) is 30.0. The molecule has 0 aromatic heterocycles. The van der Waals surface area contributed by atoms with E-state index in [1.54, 1.807) is 6.08 Å². The highest BCUT2D eigenvalue weighted by Crippen LogP contribution is 2.43. The summed E-state index contributed by atoms with van der Waals surface area (Å²) in [5, 5.41) is 18.4. The van der Waals surface area contributed by atoms with Crippen molar-refractivity contribution >= 4 is 5.97 Å². The summed E-state index contributed by atoms with van der Waals surface area (Å²) < 4.78 is 11.2. The largest absolute Gasteiger partial charge is 0.475 e. The fourth-order valence-corrected chi connectivity index (χ4v) is 3.66. The molecule has 21 heavy (non-hydrogen) atoms. The van der Waals surface area contributed by atoms with E-state index in [1.165, 1.54) is 12.8 Å². The Morgan fingerprint density at radius 2 is 2.14 bits per heavy atom. The Bertz CT molecular complexity index is 373. The van der Waals surface area contributed by atoms with Crippen LogP contribution in [0.3, 0.4) is 0 Å². The zero-order valence-corrected chi connectivity index (χ0v) is 12.7. The Balaban J connectivity index is 2.22. The Kier molecular flexibility index (Phi) is 6.06.